The summed E-state index contributed by atoms with van der Waals surface area (Å²) in [6.07, 6.45) is 0. The zero-order valence-electron chi connectivity index (χ0n) is 25.8. The maximum absolute atomic E-state index is 14.1. The predicted molar refractivity (Wildman–Crippen MR) is 191 cm³/mol. The Bertz CT molecular complexity index is 3010. The third-order valence-corrected chi connectivity index (χ3v) is 9.62. The number of pyridine rings is 1. The van der Waals surface area contributed by atoms with Crippen LogP contribution in [0.25, 0.3) is 21.8 Å². The first-order chi connectivity index (χ1) is 24.7. The maximum atomic E-state index is 14.1. The number of hydrogen-bond acceptors (Lipinski definition) is 8. The van der Waals surface area contributed by atoms with Crippen molar-refractivity contribution in [3.05, 3.63) is 167 Å². The molecule has 13 heteroatoms. The highest BCUT2D eigenvalue weighted by Crippen LogP contribution is 2.38. The van der Waals surface area contributed by atoms with E-state index in [9.17, 15) is 24.0 Å². The van der Waals surface area contributed by atoms with Gasteiger partial charge in [0.05, 0.1) is 33.6 Å². The number of halogens is 2. The SMILES string of the molecule is O=C1c2ccccc2C(=O)c2c(N=c3nc(Cl)[nH]c(=Nc4cc5c(=O)c6cc(Br)ccc6[nH]c5c5c4C(=O)c4ccccc4C5=O)[nH]3)cccc21. The number of aromatic nitrogens is 4. The molecule has 2 aliphatic rings. The summed E-state index contributed by atoms with van der Waals surface area (Å²) < 4.78 is 0.685. The van der Waals surface area contributed by atoms with Crippen LogP contribution in [0.3, 0.4) is 0 Å². The van der Waals surface area contributed by atoms with Crippen LogP contribution < -0.4 is 16.7 Å². The predicted octanol–water partition coefficient (Wildman–Crippen LogP) is 6.16. The van der Waals surface area contributed by atoms with E-state index < -0.39 is 11.6 Å². The molecule has 0 fully saturated rings. The molecule has 0 amide bonds. The Morgan fingerprint density at radius 1 is 0.569 bits per heavy atom. The third kappa shape index (κ3) is 4.72. The van der Waals surface area contributed by atoms with Gasteiger partial charge in [0.2, 0.25) is 16.5 Å². The fourth-order valence-corrected chi connectivity index (χ4v) is 7.24. The van der Waals surface area contributed by atoms with Crippen molar-refractivity contribution in [2.45, 2.75) is 0 Å². The number of carbonyl (C=O) groups excluding carboxylic acids is 4. The van der Waals surface area contributed by atoms with Gasteiger partial charge in [-0.3, -0.25) is 29.0 Å². The van der Waals surface area contributed by atoms with Gasteiger partial charge in [-0.2, -0.15) is 4.98 Å². The second-order valence-electron chi connectivity index (χ2n) is 11.9. The Hall–Kier alpha value is -6.37. The Morgan fingerprint density at radius 2 is 1.20 bits per heavy atom. The second kappa shape index (κ2) is 11.3. The lowest BCUT2D eigenvalue weighted by Gasteiger charge is -2.20. The summed E-state index contributed by atoms with van der Waals surface area (Å²) in [6, 6.07) is 24.4. The number of ketones is 4. The standard InChI is InChI=1S/C38H18BrClN6O5/c39-16-12-13-24-22(14-16)32(48)23-15-26(28-29(30(23)41-24)35(51)20-9-4-3-8-19(20)34(28)50)43-38-45-36(40)44-37(46-38)42-25-11-5-10-21-27(25)33(49)18-7-2-1-6-17(18)31(21)47/h1-15H,(H,41,48)(H2,42,43,44,45,46). The summed E-state index contributed by atoms with van der Waals surface area (Å²) >= 11 is 9.81. The lowest BCUT2D eigenvalue weighted by Crippen LogP contribution is -2.28. The van der Waals surface area contributed by atoms with Crippen molar-refractivity contribution in [2.75, 3.05) is 0 Å². The minimum atomic E-state index is -0.456. The highest BCUT2D eigenvalue weighted by atomic mass is 79.9. The number of hydrogen-bond donors (Lipinski definition) is 3. The van der Waals surface area contributed by atoms with Gasteiger partial charge in [-0.05, 0) is 41.9 Å². The molecule has 2 aliphatic carbocycles. The molecule has 0 atom stereocenters. The number of nitrogens with one attached hydrogen (secondary N) is 3. The summed E-state index contributed by atoms with van der Waals surface area (Å²) in [6.45, 7) is 0. The van der Waals surface area contributed by atoms with Crippen LogP contribution in [-0.4, -0.2) is 43.1 Å². The molecule has 0 aliphatic heterocycles. The molecule has 2 heterocycles. The molecule has 0 radical (unpaired) electrons. The minimum absolute atomic E-state index is 0.00793. The molecule has 0 bridgehead atoms. The van der Waals surface area contributed by atoms with Gasteiger partial charge >= 0.3 is 0 Å². The van der Waals surface area contributed by atoms with E-state index in [2.05, 4.69) is 45.9 Å². The average molecular weight is 754 g/mol. The summed E-state index contributed by atoms with van der Waals surface area (Å²) in [5.41, 5.74) is 1.70. The Morgan fingerprint density at radius 3 is 1.90 bits per heavy atom. The van der Waals surface area contributed by atoms with E-state index in [0.717, 1.165) is 0 Å². The van der Waals surface area contributed by atoms with Crippen LogP contribution >= 0.6 is 27.5 Å². The van der Waals surface area contributed by atoms with E-state index in [1.54, 1.807) is 84.9 Å². The number of rotatable bonds is 2. The van der Waals surface area contributed by atoms with E-state index >= 15 is 0 Å². The second-order valence-corrected chi connectivity index (χ2v) is 13.1. The highest BCUT2D eigenvalue weighted by molar-refractivity contribution is 9.10. The van der Waals surface area contributed by atoms with Crippen LogP contribution in [0.1, 0.15) is 63.7 Å². The smallest absolute Gasteiger partial charge is 0.232 e. The molecule has 0 unspecified atom stereocenters. The lowest BCUT2D eigenvalue weighted by atomic mass is 9.81. The molecule has 5 aromatic carbocycles. The first kappa shape index (κ1) is 30.7. The number of nitrogens with zero attached hydrogens (tertiary/aromatic N) is 3. The molecule has 2 aromatic heterocycles. The van der Waals surface area contributed by atoms with Crippen LogP contribution in [0.4, 0.5) is 11.4 Å². The lowest BCUT2D eigenvalue weighted by molar-refractivity contribution is 0.0979. The molecule has 3 N–H and O–H groups in total. The summed E-state index contributed by atoms with van der Waals surface area (Å²) in [5.74, 6) is -1.57. The molecule has 0 spiro atoms. The van der Waals surface area contributed by atoms with Crippen molar-refractivity contribution >= 4 is 83.8 Å². The number of fused-ring (bicyclic) bond motifs is 7. The highest BCUT2D eigenvalue weighted by Gasteiger charge is 2.35. The fourth-order valence-electron chi connectivity index (χ4n) is 6.71. The number of aromatic amines is 3. The Kier molecular flexibility index (Phi) is 6.82. The van der Waals surface area contributed by atoms with Crippen molar-refractivity contribution in [3.63, 3.8) is 0 Å². The van der Waals surface area contributed by atoms with Crippen LogP contribution in [0.2, 0.25) is 5.28 Å². The number of carbonyl (C=O) groups is 4. The van der Waals surface area contributed by atoms with E-state index in [-0.39, 0.29) is 94.7 Å². The van der Waals surface area contributed by atoms with Crippen molar-refractivity contribution in [2.24, 2.45) is 9.98 Å². The molecular weight excluding hydrogens is 736 g/mol. The quantitative estimate of drug-likeness (QED) is 0.179. The molecule has 7 aromatic rings. The van der Waals surface area contributed by atoms with Gasteiger partial charge in [0.25, 0.3) is 0 Å². The summed E-state index contributed by atoms with van der Waals surface area (Å²) in [4.78, 5) is 91.3. The zero-order chi connectivity index (χ0) is 35.1. The van der Waals surface area contributed by atoms with Gasteiger partial charge in [-0.25, -0.2) is 9.98 Å². The third-order valence-electron chi connectivity index (χ3n) is 8.95. The number of H-pyrrole nitrogens is 3. The van der Waals surface area contributed by atoms with Gasteiger partial charge in [0.1, 0.15) is 0 Å². The molecule has 9 rings (SSSR count). The van der Waals surface area contributed by atoms with E-state index in [1.807, 2.05) is 0 Å². The van der Waals surface area contributed by atoms with Crippen LogP contribution in [-0.2, 0) is 0 Å². The van der Waals surface area contributed by atoms with Gasteiger partial charge in [0.15, 0.2) is 28.6 Å². The van der Waals surface area contributed by atoms with E-state index in [4.69, 9.17) is 11.6 Å². The van der Waals surface area contributed by atoms with Crippen molar-refractivity contribution < 1.29 is 19.2 Å². The molecular formula is C38H18BrClN6O5. The fraction of sp³-hybridized carbons (Fsp3) is 0. The first-order valence-electron chi connectivity index (χ1n) is 15.5. The van der Waals surface area contributed by atoms with Gasteiger partial charge < -0.3 is 9.97 Å². The van der Waals surface area contributed by atoms with Crippen LogP contribution in [0, 0.1) is 0 Å². The monoisotopic (exact) mass is 752 g/mol. The Balaban J connectivity index is 1.29. The Labute approximate surface area is 298 Å². The largest absolute Gasteiger partial charge is 0.354 e. The minimum Gasteiger partial charge on any atom is -0.354 e. The maximum Gasteiger partial charge on any atom is 0.232 e. The van der Waals surface area contributed by atoms with E-state index in [0.29, 0.717) is 20.9 Å². The van der Waals surface area contributed by atoms with E-state index in [1.165, 1.54) is 6.07 Å². The summed E-state index contributed by atoms with van der Waals surface area (Å²) in [7, 11) is 0. The molecule has 51 heavy (non-hydrogen) atoms. The van der Waals surface area contributed by atoms with Gasteiger partial charge in [0, 0.05) is 48.6 Å². The first-order valence-corrected chi connectivity index (χ1v) is 16.6. The van der Waals surface area contributed by atoms with Crippen molar-refractivity contribution in [3.8, 4) is 0 Å². The van der Waals surface area contributed by atoms with Gasteiger partial charge in [-0.1, -0.05) is 76.6 Å². The molecule has 0 saturated heterocycles. The summed E-state index contributed by atoms with van der Waals surface area (Å²) in [5, 5.41) is 0.355. The molecule has 244 valence electrons. The number of benzene rings is 5. The van der Waals surface area contributed by atoms with Crippen LogP contribution in [0.5, 0.6) is 0 Å². The zero-order valence-corrected chi connectivity index (χ0v) is 28.1. The van der Waals surface area contributed by atoms with Crippen molar-refractivity contribution in [1.29, 1.82) is 0 Å². The molecule has 11 nitrogen and oxygen atoms in total. The normalized spacial score (nSPS) is 14.2. The average Bonchev–Trinajstić information content (AvgIpc) is 3.13. The van der Waals surface area contributed by atoms with Crippen LogP contribution in [0.15, 0.2) is 110 Å². The van der Waals surface area contributed by atoms with Gasteiger partial charge in [-0.15, -0.1) is 0 Å². The molecule has 0 saturated carbocycles. The van der Waals surface area contributed by atoms with Crippen molar-refractivity contribution in [1.82, 2.24) is 19.9 Å². The topological polar surface area (TPSA) is 170 Å².